The number of hydrogen-bond donors (Lipinski definition) is 3. The highest BCUT2D eigenvalue weighted by molar-refractivity contribution is 5.19. The number of aliphatic hydroxyl groups excluding tert-OH is 2. The fraction of sp³-hybridized carbons (Fsp3) is 0.455. The maximum absolute atomic E-state index is 9.96. The predicted molar refractivity (Wildman–Crippen MR) is 53.8 cm³/mol. The molecule has 3 nitrogen and oxygen atoms in total. The molecule has 1 heterocycles. The van der Waals surface area contributed by atoms with E-state index in [2.05, 4.69) is 5.32 Å². The van der Waals surface area contributed by atoms with Gasteiger partial charge in [0.1, 0.15) is 0 Å². The molecule has 0 bridgehead atoms. The molecule has 76 valence electrons. The third kappa shape index (κ3) is 1.95. The van der Waals surface area contributed by atoms with Gasteiger partial charge >= 0.3 is 0 Å². The van der Waals surface area contributed by atoms with Gasteiger partial charge in [0.25, 0.3) is 0 Å². The largest absolute Gasteiger partial charge is 0.392 e. The second-order valence-corrected chi connectivity index (χ2v) is 3.76. The van der Waals surface area contributed by atoms with Gasteiger partial charge in [-0.15, -0.1) is 0 Å². The summed E-state index contributed by atoms with van der Waals surface area (Å²) in [7, 11) is 0. The first-order valence-corrected chi connectivity index (χ1v) is 4.92. The summed E-state index contributed by atoms with van der Waals surface area (Å²) in [5.74, 6) is 0. The van der Waals surface area contributed by atoms with Crippen LogP contribution in [0, 0.1) is 0 Å². The Morgan fingerprint density at radius 2 is 2.00 bits per heavy atom. The van der Waals surface area contributed by atoms with Crippen molar-refractivity contribution in [3.05, 3.63) is 35.9 Å². The summed E-state index contributed by atoms with van der Waals surface area (Å²) in [4.78, 5) is 0. The van der Waals surface area contributed by atoms with E-state index in [0.29, 0.717) is 13.0 Å². The van der Waals surface area contributed by atoms with E-state index >= 15 is 0 Å². The van der Waals surface area contributed by atoms with E-state index in [1.807, 2.05) is 30.3 Å². The minimum absolute atomic E-state index is 0.0209. The molecule has 0 saturated carbocycles. The molecule has 1 aliphatic heterocycles. The lowest BCUT2D eigenvalue weighted by Crippen LogP contribution is -2.28. The van der Waals surface area contributed by atoms with E-state index in [1.54, 1.807) is 0 Å². The Morgan fingerprint density at radius 1 is 1.29 bits per heavy atom. The summed E-state index contributed by atoms with van der Waals surface area (Å²) in [5.41, 5.74) is 0.902. The Hall–Kier alpha value is -0.900. The molecule has 2 rings (SSSR count). The van der Waals surface area contributed by atoms with Crippen LogP contribution in [0.15, 0.2) is 30.3 Å². The second kappa shape index (κ2) is 4.09. The van der Waals surface area contributed by atoms with Crippen molar-refractivity contribution in [1.82, 2.24) is 5.32 Å². The quantitative estimate of drug-likeness (QED) is 0.639. The molecule has 1 aromatic carbocycles. The lowest BCUT2D eigenvalue weighted by molar-refractivity contribution is 0.125. The second-order valence-electron chi connectivity index (χ2n) is 3.76. The fourth-order valence-corrected chi connectivity index (χ4v) is 1.87. The Bertz CT molecular complexity index is 289. The summed E-state index contributed by atoms with van der Waals surface area (Å²) in [6.45, 7) is 0.578. The van der Waals surface area contributed by atoms with Crippen LogP contribution in [0.2, 0.25) is 0 Å². The average Bonchev–Trinajstić information content (AvgIpc) is 2.65. The van der Waals surface area contributed by atoms with Gasteiger partial charge in [-0.1, -0.05) is 30.3 Å². The zero-order valence-electron chi connectivity index (χ0n) is 7.93. The van der Waals surface area contributed by atoms with Crippen LogP contribution in [0.4, 0.5) is 0 Å². The minimum atomic E-state index is -0.520. The molecule has 3 N–H and O–H groups in total. The zero-order valence-corrected chi connectivity index (χ0v) is 7.93. The van der Waals surface area contributed by atoms with E-state index in [4.69, 9.17) is 0 Å². The van der Waals surface area contributed by atoms with Crippen LogP contribution in [-0.2, 0) is 0 Å². The normalized spacial score (nSPS) is 29.0. The third-order valence-corrected chi connectivity index (χ3v) is 2.66. The predicted octanol–water partition coefficient (Wildman–Crippen LogP) is 0.443. The summed E-state index contributed by atoms with van der Waals surface area (Å²) in [6.07, 6.45) is -0.220. The molecule has 1 unspecified atom stereocenters. The van der Waals surface area contributed by atoms with E-state index in [9.17, 15) is 10.2 Å². The molecule has 0 spiro atoms. The molecule has 0 radical (unpaired) electrons. The first-order valence-electron chi connectivity index (χ1n) is 4.92. The summed E-state index contributed by atoms with van der Waals surface area (Å²) < 4.78 is 0. The van der Waals surface area contributed by atoms with Crippen LogP contribution in [0.1, 0.15) is 18.1 Å². The van der Waals surface area contributed by atoms with Gasteiger partial charge in [-0.3, -0.25) is 0 Å². The van der Waals surface area contributed by atoms with Crippen LogP contribution in [-0.4, -0.2) is 28.9 Å². The van der Waals surface area contributed by atoms with Gasteiger partial charge in [0.05, 0.1) is 12.2 Å². The first-order chi connectivity index (χ1) is 6.77. The average molecular weight is 193 g/mol. The third-order valence-electron chi connectivity index (χ3n) is 2.66. The number of rotatable bonds is 2. The Labute approximate surface area is 83.4 Å². The summed E-state index contributed by atoms with van der Waals surface area (Å²) in [6, 6.07) is 9.52. The Morgan fingerprint density at radius 3 is 2.57 bits per heavy atom. The standard InChI is InChI=1S/C11H15NO2/c13-9-6-10(12-7-9)11(14)8-4-2-1-3-5-8/h1-5,9-14H,6-7H2/t9-,10-,11?/m1/s1. The number of benzene rings is 1. The molecule has 1 saturated heterocycles. The van der Waals surface area contributed by atoms with Crippen molar-refractivity contribution in [2.75, 3.05) is 6.54 Å². The van der Waals surface area contributed by atoms with E-state index < -0.39 is 6.10 Å². The molecular formula is C11H15NO2. The van der Waals surface area contributed by atoms with Crippen LogP contribution in [0.3, 0.4) is 0 Å². The molecule has 1 aromatic rings. The molecule has 0 aromatic heterocycles. The summed E-state index contributed by atoms with van der Waals surface area (Å²) in [5, 5.41) is 22.4. The summed E-state index contributed by atoms with van der Waals surface area (Å²) >= 11 is 0. The van der Waals surface area contributed by atoms with Gasteiger partial charge in [0.15, 0.2) is 0 Å². The van der Waals surface area contributed by atoms with Crippen molar-refractivity contribution in [3.63, 3.8) is 0 Å². The molecule has 0 aliphatic carbocycles. The zero-order chi connectivity index (χ0) is 9.97. The highest BCUT2D eigenvalue weighted by Crippen LogP contribution is 2.22. The molecule has 1 fully saturated rings. The van der Waals surface area contributed by atoms with Crippen molar-refractivity contribution < 1.29 is 10.2 Å². The smallest absolute Gasteiger partial charge is 0.0943 e. The van der Waals surface area contributed by atoms with E-state index in [-0.39, 0.29) is 12.1 Å². The fourth-order valence-electron chi connectivity index (χ4n) is 1.87. The van der Waals surface area contributed by atoms with Gasteiger partial charge < -0.3 is 15.5 Å². The molecular weight excluding hydrogens is 178 g/mol. The van der Waals surface area contributed by atoms with Crippen molar-refractivity contribution >= 4 is 0 Å². The molecule has 3 heteroatoms. The van der Waals surface area contributed by atoms with Crippen LogP contribution >= 0.6 is 0 Å². The lowest BCUT2D eigenvalue weighted by Gasteiger charge is -2.18. The van der Waals surface area contributed by atoms with Crippen molar-refractivity contribution in [2.24, 2.45) is 0 Å². The number of hydrogen-bond acceptors (Lipinski definition) is 3. The van der Waals surface area contributed by atoms with E-state index in [1.165, 1.54) is 0 Å². The van der Waals surface area contributed by atoms with Crippen molar-refractivity contribution in [1.29, 1.82) is 0 Å². The van der Waals surface area contributed by atoms with Crippen molar-refractivity contribution in [3.8, 4) is 0 Å². The SMILES string of the molecule is OC(c1ccccc1)[C@H]1C[C@@H](O)CN1. The molecule has 14 heavy (non-hydrogen) atoms. The molecule has 1 aliphatic rings. The lowest BCUT2D eigenvalue weighted by atomic mass is 10.0. The highest BCUT2D eigenvalue weighted by atomic mass is 16.3. The van der Waals surface area contributed by atoms with E-state index in [0.717, 1.165) is 5.56 Å². The number of aliphatic hydroxyl groups is 2. The Kier molecular flexibility index (Phi) is 2.82. The maximum atomic E-state index is 9.96. The van der Waals surface area contributed by atoms with Crippen molar-refractivity contribution in [2.45, 2.75) is 24.7 Å². The van der Waals surface area contributed by atoms with Crippen LogP contribution in [0.25, 0.3) is 0 Å². The maximum Gasteiger partial charge on any atom is 0.0943 e. The van der Waals surface area contributed by atoms with Gasteiger partial charge in [-0.25, -0.2) is 0 Å². The topological polar surface area (TPSA) is 52.5 Å². The number of β-amino-alcohol motifs (C(OH)–C–C–N with tert-alkyl or cyclic N) is 1. The van der Waals surface area contributed by atoms with Gasteiger partial charge in [0, 0.05) is 12.6 Å². The van der Waals surface area contributed by atoms with Gasteiger partial charge in [-0.2, -0.15) is 0 Å². The molecule has 0 amide bonds. The highest BCUT2D eigenvalue weighted by Gasteiger charge is 2.28. The van der Waals surface area contributed by atoms with Gasteiger partial charge in [0.2, 0.25) is 0 Å². The van der Waals surface area contributed by atoms with Crippen LogP contribution < -0.4 is 5.32 Å². The minimum Gasteiger partial charge on any atom is -0.392 e. The Balaban J connectivity index is 2.05. The first kappa shape index (κ1) is 9.65. The molecule has 3 atom stereocenters. The monoisotopic (exact) mass is 193 g/mol. The van der Waals surface area contributed by atoms with Crippen LogP contribution in [0.5, 0.6) is 0 Å². The number of nitrogens with one attached hydrogen (secondary N) is 1. The van der Waals surface area contributed by atoms with Gasteiger partial charge in [-0.05, 0) is 12.0 Å².